The lowest BCUT2D eigenvalue weighted by atomic mass is 9.87. The van der Waals surface area contributed by atoms with Gasteiger partial charge in [-0.05, 0) is 57.1 Å². The Kier molecular flexibility index (Phi) is 6.34. The molecular formula is C18H26N2O4. The topological polar surface area (TPSA) is 81.1 Å². The summed E-state index contributed by atoms with van der Waals surface area (Å²) in [5, 5.41) is 18.1. The molecule has 0 bridgehead atoms. The average Bonchev–Trinajstić information content (AvgIpc) is 2.53. The molecule has 1 aliphatic rings. The number of hydrogen-bond acceptors (Lipinski definition) is 4. The van der Waals surface area contributed by atoms with Crippen molar-refractivity contribution < 1.29 is 19.8 Å². The van der Waals surface area contributed by atoms with Crippen molar-refractivity contribution >= 4 is 11.9 Å². The minimum Gasteiger partial charge on any atom is -0.481 e. The van der Waals surface area contributed by atoms with Gasteiger partial charge in [-0.1, -0.05) is 12.1 Å². The lowest BCUT2D eigenvalue weighted by molar-refractivity contribution is -0.137. The fraction of sp³-hybridized carbons (Fsp3) is 0.556. The van der Waals surface area contributed by atoms with Crippen LogP contribution in [0.1, 0.15) is 35.2 Å². The van der Waals surface area contributed by atoms with E-state index >= 15 is 0 Å². The Labute approximate surface area is 142 Å². The molecule has 1 heterocycles. The van der Waals surface area contributed by atoms with Crippen LogP contribution in [-0.4, -0.2) is 65.2 Å². The summed E-state index contributed by atoms with van der Waals surface area (Å²) in [4.78, 5) is 26.5. The molecule has 6 nitrogen and oxygen atoms in total. The number of carboxylic acid groups (broad SMARTS) is 2. The molecule has 0 radical (unpaired) electrons. The summed E-state index contributed by atoms with van der Waals surface area (Å²) in [6.45, 7) is 2.47. The summed E-state index contributed by atoms with van der Waals surface area (Å²) in [5.41, 5.74) is 1.29. The number of carbonyl (C=O) groups is 2. The van der Waals surface area contributed by atoms with Crippen LogP contribution in [0.3, 0.4) is 0 Å². The fourth-order valence-corrected chi connectivity index (χ4v) is 3.57. The van der Waals surface area contributed by atoms with Crippen molar-refractivity contribution in [2.24, 2.45) is 5.92 Å². The SMILES string of the molecule is CN(C)[C@@H]1CCN(Cc2cccc(C(=O)O)c2)C[C@@H]1CCC(=O)O. The fourth-order valence-electron chi connectivity index (χ4n) is 3.57. The average molecular weight is 334 g/mol. The molecule has 1 aliphatic heterocycles. The number of likely N-dealkylation sites (tertiary alicyclic amines) is 1. The smallest absolute Gasteiger partial charge is 0.335 e. The van der Waals surface area contributed by atoms with Gasteiger partial charge in [-0.15, -0.1) is 0 Å². The minimum absolute atomic E-state index is 0.192. The van der Waals surface area contributed by atoms with E-state index in [1.54, 1.807) is 18.2 Å². The van der Waals surface area contributed by atoms with Gasteiger partial charge in [-0.2, -0.15) is 0 Å². The number of piperidine rings is 1. The molecule has 132 valence electrons. The molecule has 0 aliphatic carbocycles. The lowest BCUT2D eigenvalue weighted by Gasteiger charge is -2.41. The van der Waals surface area contributed by atoms with Gasteiger partial charge < -0.3 is 15.1 Å². The van der Waals surface area contributed by atoms with E-state index in [4.69, 9.17) is 10.2 Å². The Morgan fingerprint density at radius 1 is 1.29 bits per heavy atom. The number of rotatable bonds is 7. The van der Waals surface area contributed by atoms with Gasteiger partial charge in [-0.3, -0.25) is 9.69 Å². The maximum Gasteiger partial charge on any atom is 0.335 e. The molecule has 2 rings (SSSR count). The standard InChI is InChI=1S/C18H26N2O4/c1-19(2)16-8-9-20(12-15(16)6-7-17(21)22)11-13-4-3-5-14(10-13)18(23)24/h3-5,10,15-16H,6-9,11-12H2,1-2H3,(H,21,22)(H,23,24)/t15-,16+/m0/s1. The monoisotopic (exact) mass is 334 g/mol. The molecular weight excluding hydrogens is 308 g/mol. The number of hydrogen-bond donors (Lipinski definition) is 2. The van der Waals surface area contributed by atoms with Crippen LogP contribution in [0.15, 0.2) is 24.3 Å². The molecule has 2 N–H and O–H groups in total. The molecule has 1 aromatic rings. The highest BCUT2D eigenvalue weighted by molar-refractivity contribution is 5.87. The first-order valence-electron chi connectivity index (χ1n) is 8.29. The minimum atomic E-state index is -0.914. The van der Waals surface area contributed by atoms with Crippen LogP contribution in [-0.2, 0) is 11.3 Å². The molecule has 1 saturated heterocycles. The van der Waals surface area contributed by atoms with E-state index in [-0.39, 0.29) is 6.42 Å². The molecule has 0 amide bonds. The second-order valence-electron chi connectivity index (χ2n) is 6.75. The second kappa shape index (κ2) is 8.26. The van der Waals surface area contributed by atoms with Crippen LogP contribution in [0.2, 0.25) is 0 Å². The van der Waals surface area contributed by atoms with Gasteiger partial charge in [0, 0.05) is 25.6 Å². The summed E-state index contributed by atoms with van der Waals surface area (Å²) < 4.78 is 0. The summed E-state index contributed by atoms with van der Waals surface area (Å²) in [7, 11) is 4.09. The maximum atomic E-state index is 11.1. The van der Waals surface area contributed by atoms with Gasteiger partial charge in [0.05, 0.1) is 5.56 Å². The van der Waals surface area contributed by atoms with Crippen LogP contribution in [0.25, 0.3) is 0 Å². The van der Waals surface area contributed by atoms with E-state index in [0.29, 0.717) is 30.5 Å². The molecule has 0 spiro atoms. The van der Waals surface area contributed by atoms with Crippen LogP contribution in [0.5, 0.6) is 0 Å². The number of aliphatic carboxylic acids is 1. The lowest BCUT2D eigenvalue weighted by Crippen LogP contribution is -2.48. The first-order chi connectivity index (χ1) is 11.4. The molecule has 2 atom stereocenters. The zero-order valence-corrected chi connectivity index (χ0v) is 14.3. The first-order valence-corrected chi connectivity index (χ1v) is 8.29. The third-order valence-electron chi connectivity index (χ3n) is 4.75. The number of carboxylic acids is 2. The molecule has 24 heavy (non-hydrogen) atoms. The predicted octanol–water partition coefficient (Wildman–Crippen LogP) is 2.00. The second-order valence-corrected chi connectivity index (χ2v) is 6.75. The van der Waals surface area contributed by atoms with Crippen molar-refractivity contribution in [1.82, 2.24) is 9.80 Å². The Morgan fingerprint density at radius 3 is 2.67 bits per heavy atom. The van der Waals surface area contributed by atoms with Gasteiger partial charge in [0.25, 0.3) is 0 Å². The highest BCUT2D eigenvalue weighted by Crippen LogP contribution is 2.26. The highest BCUT2D eigenvalue weighted by Gasteiger charge is 2.30. The summed E-state index contributed by atoms with van der Waals surface area (Å²) in [6.07, 6.45) is 1.86. The molecule has 0 saturated carbocycles. The van der Waals surface area contributed by atoms with Gasteiger partial charge in [-0.25, -0.2) is 4.79 Å². The van der Waals surface area contributed by atoms with Gasteiger partial charge in [0.1, 0.15) is 0 Å². The number of aromatic carboxylic acids is 1. The molecule has 0 aromatic heterocycles. The first kappa shape index (κ1) is 18.4. The maximum absolute atomic E-state index is 11.1. The van der Waals surface area contributed by atoms with E-state index < -0.39 is 11.9 Å². The third-order valence-corrected chi connectivity index (χ3v) is 4.75. The van der Waals surface area contributed by atoms with Crippen molar-refractivity contribution in [3.63, 3.8) is 0 Å². The van der Waals surface area contributed by atoms with Crippen LogP contribution in [0, 0.1) is 5.92 Å². The van der Waals surface area contributed by atoms with E-state index in [9.17, 15) is 9.59 Å². The Bertz CT molecular complexity index is 588. The Balaban J connectivity index is 2.02. The highest BCUT2D eigenvalue weighted by atomic mass is 16.4. The number of benzene rings is 1. The Hall–Kier alpha value is -1.92. The quantitative estimate of drug-likeness (QED) is 0.794. The summed E-state index contributed by atoms with van der Waals surface area (Å²) >= 11 is 0. The van der Waals surface area contributed by atoms with E-state index in [1.807, 2.05) is 20.2 Å². The molecule has 1 aromatic carbocycles. The van der Waals surface area contributed by atoms with Crippen molar-refractivity contribution in [3.05, 3.63) is 35.4 Å². The zero-order chi connectivity index (χ0) is 17.7. The van der Waals surface area contributed by atoms with Gasteiger partial charge in [0.2, 0.25) is 0 Å². The summed E-state index contributed by atoms with van der Waals surface area (Å²) in [6, 6.07) is 7.42. The Morgan fingerprint density at radius 2 is 2.04 bits per heavy atom. The van der Waals surface area contributed by atoms with E-state index in [2.05, 4.69) is 9.80 Å². The molecule has 0 unspecified atom stereocenters. The normalized spacial score (nSPS) is 21.8. The van der Waals surface area contributed by atoms with Crippen molar-refractivity contribution in [3.8, 4) is 0 Å². The van der Waals surface area contributed by atoms with Crippen LogP contribution in [0.4, 0.5) is 0 Å². The van der Waals surface area contributed by atoms with E-state index in [0.717, 1.165) is 25.1 Å². The summed E-state index contributed by atoms with van der Waals surface area (Å²) in [5.74, 6) is -1.35. The number of nitrogens with zero attached hydrogens (tertiary/aromatic N) is 2. The van der Waals surface area contributed by atoms with Gasteiger partial charge >= 0.3 is 11.9 Å². The van der Waals surface area contributed by atoms with Gasteiger partial charge in [0.15, 0.2) is 0 Å². The van der Waals surface area contributed by atoms with Crippen molar-refractivity contribution in [2.45, 2.75) is 31.8 Å². The zero-order valence-electron chi connectivity index (χ0n) is 14.3. The van der Waals surface area contributed by atoms with Crippen LogP contribution < -0.4 is 0 Å². The van der Waals surface area contributed by atoms with Crippen molar-refractivity contribution in [1.29, 1.82) is 0 Å². The van der Waals surface area contributed by atoms with Crippen molar-refractivity contribution in [2.75, 3.05) is 27.2 Å². The molecule has 6 heteroatoms. The molecule has 1 fully saturated rings. The predicted molar refractivity (Wildman–Crippen MR) is 91.1 cm³/mol. The van der Waals surface area contributed by atoms with Crippen LogP contribution >= 0.6 is 0 Å². The largest absolute Gasteiger partial charge is 0.481 e. The van der Waals surface area contributed by atoms with E-state index in [1.165, 1.54) is 0 Å². The third kappa shape index (κ3) is 5.04.